The molecule has 0 saturated heterocycles. The van der Waals surface area contributed by atoms with E-state index < -0.39 is 0 Å². The van der Waals surface area contributed by atoms with Crippen LogP contribution in [-0.4, -0.2) is 9.97 Å². The second-order valence-electron chi connectivity index (χ2n) is 4.49. The van der Waals surface area contributed by atoms with E-state index in [4.69, 9.17) is 0 Å². The van der Waals surface area contributed by atoms with Gasteiger partial charge in [-0.05, 0) is 22.8 Å². The Morgan fingerprint density at radius 1 is 0.700 bits per heavy atom. The fourth-order valence-electron chi connectivity index (χ4n) is 2.02. The third-order valence-electron chi connectivity index (χ3n) is 3.08. The van der Waals surface area contributed by atoms with Gasteiger partial charge in [-0.15, -0.1) is 0 Å². The molecule has 0 radical (unpaired) electrons. The van der Waals surface area contributed by atoms with Gasteiger partial charge in [-0.1, -0.05) is 54.6 Å². The zero-order chi connectivity index (χ0) is 13.6. The highest BCUT2D eigenvalue weighted by Crippen LogP contribution is 2.19. The zero-order valence-electron chi connectivity index (χ0n) is 11.0. The largest absolute Gasteiger partial charge is 0.350 e. The summed E-state index contributed by atoms with van der Waals surface area (Å²) >= 11 is 0. The standard InChI is InChI=1S/C17H15N3/c1-2-5-15(6-3-1)16-9-7-14(8-10-16)13-20-17-18-11-4-12-19-17/h1-12H,13H2,(H,18,19,20). The number of hydrogen-bond acceptors (Lipinski definition) is 3. The minimum Gasteiger partial charge on any atom is -0.350 e. The predicted molar refractivity (Wildman–Crippen MR) is 81.2 cm³/mol. The summed E-state index contributed by atoms with van der Waals surface area (Å²) in [4.78, 5) is 8.27. The van der Waals surface area contributed by atoms with Crippen LogP contribution in [0.3, 0.4) is 0 Å². The van der Waals surface area contributed by atoms with Crippen molar-refractivity contribution in [1.29, 1.82) is 0 Å². The molecule has 3 nitrogen and oxygen atoms in total. The summed E-state index contributed by atoms with van der Waals surface area (Å²) in [5, 5.41) is 3.20. The Balaban J connectivity index is 1.68. The molecule has 0 atom stereocenters. The van der Waals surface area contributed by atoms with E-state index in [9.17, 15) is 0 Å². The van der Waals surface area contributed by atoms with Crippen molar-refractivity contribution in [3.05, 3.63) is 78.6 Å². The number of benzene rings is 2. The molecule has 0 unspecified atom stereocenters. The highest BCUT2D eigenvalue weighted by atomic mass is 15.1. The van der Waals surface area contributed by atoms with Gasteiger partial charge >= 0.3 is 0 Å². The van der Waals surface area contributed by atoms with Crippen LogP contribution in [0.25, 0.3) is 11.1 Å². The third kappa shape index (κ3) is 3.01. The summed E-state index contributed by atoms with van der Waals surface area (Å²) in [5.74, 6) is 0.652. The van der Waals surface area contributed by atoms with Gasteiger partial charge in [0.1, 0.15) is 0 Å². The lowest BCUT2D eigenvalue weighted by Crippen LogP contribution is -2.02. The van der Waals surface area contributed by atoms with E-state index in [1.54, 1.807) is 18.5 Å². The highest BCUT2D eigenvalue weighted by molar-refractivity contribution is 5.63. The molecule has 1 N–H and O–H groups in total. The topological polar surface area (TPSA) is 37.8 Å². The van der Waals surface area contributed by atoms with Crippen molar-refractivity contribution in [2.45, 2.75) is 6.54 Å². The fourth-order valence-corrected chi connectivity index (χ4v) is 2.02. The molecule has 0 bridgehead atoms. The van der Waals surface area contributed by atoms with E-state index in [2.05, 4.69) is 63.8 Å². The number of nitrogens with zero attached hydrogens (tertiary/aromatic N) is 2. The van der Waals surface area contributed by atoms with Crippen LogP contribution >= 0.6 is 0 Å². The molecule has 3 heteroatoms. The van der Waals surface area contributed by atoms with Gasteiger partial charge in [-0.2, -0.15) is 0 Å². The molecule has 0 aliphatic carbocycles. The Hall–Kier alpha value is -2.68. The summed E-state index contributed by atoms with van der Waals surface area (Å²) < 4.78 is 0. The molecule has 3 rings (SSSR count). The Morgan fingerprint density at radius 3 is 2.05 bits per heavy atom. The predicted octanol–water partition coefficient (Wildman–Crippen LogP) is 3.76. The summed E-state index contributed by atoms with van der Waals surface area (Å²) in [7, 11) is 0. The molecular weight excluding hydrogens is 246 g/mol. The van der Waals surface area contributed by atoms with E-state index in [0.29, 0.717) is 5.95 Å². The molecule has 0 aliphatic rings. The molecule has 0 aliphatic heterocycles. The maximum atomic E-state index is 4.14. The molecule has 0 saturated carbocycles. The Kier molecular flexibility index (Phi) is 3.69. The molecule has 20 heavy (non-hydrogen) atoms. The van der Waals surface area contributed by atoms with Crippen molar-refractivity contribution < 1.29 is 0 Å². The molecule has 1 heterocycles. The molecule has 3 aromatic rings. The van der Waals surface area contributed by atoms with Crippen LogP contribution in [0.5, 0.6) is 0 Å². The minimum absolute atomic E-state index is 0.652. The van der Waals surface area contributed by atoms with Crippen LogP contribution < -0.4 is 5.32 Å². The summed E-state index contributed by atoms with van der Waals surface area (Å²) in [6.45, 7) is 0.721. The van der Waals surface area contributed by atoms with E-state index in [-0.39, 0.29) is 0 Å². The SMILES string of the molecule is c1ccc(-c2ccc(CNc3ncccn3)cc2)cc1. The summed E-state index contributed by atoms with van der Waals surface area (Å²) in [5.41, 5.74) is 3.67. The lowest BCUT2D eigenvalue weighted by molar-refractivity contribution is 1.05. The Labute approximate surface area is 118 Å². The average molecular weight is 261 g/mol. The van der Waals surface area contributed by atoms with Crippen molar-refractivity contribution in [3.8, 4) is 11.1 Å². The Bertz CT molecular complexity index is 649. The highest BCUT2D eigenvalue weighted by Gasteiger charge is 1.98. The van der Waals surface area contributed by atoms with Gasteiger partial charge in [0.2, 0.25) is 5.95 Å². The van der Waals surface area contributed by atoms with Crippen LogP contribution in [0.1, 0.15) is 5.56 Å². The lowest BCUT2D eigenvalue weighted by Gasteiger charge is -2.06. The van der Waals surface area contributed by atoms with E-state index >= 15 is 0 Å². The first-order valence-corrected chi connectivity index (χ1v) is 6.57. The fraction of sp³-hybridized carbons (Fsp3) is 0.0588. The van der Waals surface area contributed by atoms with E-state index in [0.717, 1.165) is 6.54 Å². The van der Waals surface area contributed by atoms with Crippen molar-refractivity contribution in [1.82, 2.24) is 9.97 Å². The van der Waals surface area contributed by atoms with Gasteiger partial charge in [-0.25, -0.2) is 9.97 Å². The molecule has 0 spiro atoms. The number of hydrogen-bond donors (Lipinski definition) is 1. The normalized spacial score (nSPS) is 10.2. The second kappa shape index (κ2) is 5.97. The van der Waals surface area contributed by atoms with Crippen LogP contribution in [-0.2, 0) is 6.54 Å². The monoisotopic (exact) mass is 261 g/mol. The zero-order valence-corrected chi connectivity index (χ0v) is 11.0. The van der Waals surface area contributed by atoms with Gasteiger partial charge in [0, 0.05) is 18.9 Å². The van der Waals surface area contributed by atoms with Gasteiger partial charge in [0.25, 0.3) is 0 Å². The van der Waals surface area contributed by atoms with E-state index in [1.165, 1.54) is 16.7 Å². The van der Waals surface area contributed by atoms with Crippen molar-refractivity contribution >= 4 is 5.95 Å². The molecule has 1 aromatic heterocycles. The number of nitrogens with one attached hydrogen (secondary N) is 1. The molecule has 2 aromatic carbocycles. The van der Waals surface area contributed by atoms with Crippen molar-refractivity contribution in [2.75, 3.05) is 5.32 Å². The van der Waals surface area contributed by atoms with Gasteiger partial charge < -0.3 is 5.32 Å². The summed E-state index contributed by atoms with van der Waals surface area (Å²) in [6, 6.07) is 20.7. The van der Waals surface area contributed by atoms with Gasteiger partial charge in [-0.3, -0.25) is 0 Å². The van der Waals surface area contributed by atoms with Crippen LogP contribution in [0, 0.1) is 0 Å². The Morgan fingerprint density at radius 2 is 1.35 bits per heavy atom. The minimum atomic E-state index is 0.652. The maximum absolute atomic E-state index is 4.14. The van der Waals surface area contributed by atoms with Crippen LogP contribution in [0.4, 0.5) is 5.95 Å². The van der Waals surface area contributed by atoms with Crippen LogP contribution in [0.15, 0.2) is 73.1 Å². The number of anilines is 1. The van der Waals surface area contributed by atoms with Crippen molar-refractivity contribution in [3.63, 3.8) is 0 Å². The average Bonchev–Trinajstić information content (AvgIpc) is 2.55. The lowest BCUT2D eigenvalue weighted by atomic mass is 10.0. The first-order valence-electron chi connectivity index (χ1n) is 6.57. The molecule has 0 fully saturated rings. The van der Waals surface area contributed by atoms with Gasteiger partial charge in [0.15, 0.2) is 0 Å². The number of aromatic nitrogens is 2. The summed E-state index contributed by atoms with van der Waals surface area (Å²) in [6.07, 6.45) is 3.46. The first-order chi connectivity index (χ1) is 9.92. The maximum Gasteiger partial charge on any atom is 0.222 e. The van der Waals surface area contributed by atoms with Gasteiger partial charge in [0.05, 0.1) is 0 Å². The third-order valence-corrected chi connectivity index (χ3v) is 3.08. The first kappa shape index (κ1) is 12.4. The quantitative estimate of drug-likeness (QED) is 0.777. The molecule has 98 valence electrons. The second-order valence-corrected chi connectivity index (χ2v) is 4.49. The van der Waals surface area contributed by atoms with Crippen LogP contribution in [0.2, 0.25) is 0 Å². The number of rotatable bonds is 4. The molecular formula is C17H15N3. The molecule has 0 amide bonds. The smallest absolute Gasteiger partial charge is 0.222 e. The van der Waals surface area contributed by atoms with E-state index in [1.807, 2.05) is 6.07 Å². The van der Waals surface area contributed by atoms with Crippen molar-refractivity contribution in [2.24, 2.45) is 0 Å².